The van der Waals surface area contributed by atoms with Crippen molar-refractivity contribution in [3.8, 4) is 45.4 Å². The van der Waals surface area contributed by atoms with Gasteiger partial charge in [-0.05, 0) is 142 Å². The Bertz CT molecular complexity index is 2770. The number of aromatic nitrogens is 2. The number of phenolic OH excluding ortho intramolecular Hbond substituents is 1. The van der Waals surface area contributed by atoms with E-state index in [0.29, 0.717) is 44.7 Å². The molecule has 0 atom stereocenters. The molecule has 0 radical (unpaired) electrons. The molecule has 0 spiro atoms. The molecule has 0 amide bonds. The number of hydrogen-bond acceptors (Lipinski definition) is 6. The summed E-state index contributed by atoms with van der Waals surface area (Å²) >= 11 is 5.94. The number of carbonyl (C=O) groups excluding carboxylic acids is 2. The number of ether oxygens (including phenoxy) is 3. The number of alkyl halides is 6. The van der Waals surface area contributed by atoms with Crippen LogP contribution < -0.4 is 4.74 Å². The first-order valence-electron chi connectivity index (χ1n) is 19.8. The zero-order valence-corrected chi connectivity index (χ0v) is 35.6. The van der Waals surface area contributed by atoms with E-state index < -0.39 is 35.4 Å². The molecule has 1 N–H and O–H groups in total. The number of carbonyl (C=O) groups is 2. The van der Waals surface area contributed by atoms with E-state index in [1.165, 1.54) is 6.07 Å². The van der Waals surface area contributed by atoms with Crippen molar-refractivity contribution in [1.82, 2.24) is 9.13 Å². The molecular weight excluding hydrogens is 862 g/mol. The molecule has 0 aliphatic rings. The first-order valence-corrected chi connectivity index (χ1v) is 20.2. The third kappa shape index (κ3) is 10.8. The summed E-state index contributed by atoms with van der Waals surface area (Å²) in [6, 6.07) is 33.4. The lowest BCUT2D eigenvalue weighted by Gasteiger charge is -2.18. The van der Waals surface area contributed by atoms with Gasteiger partial charge in [-0.2, -0.15) is 26.3 Å². The smallest absolute Gasteiger partial charge is 0.416 e. The van der Waals surface area contributed by atoms with E-state index >= 15 is 0 Å². The highest BCUT2D eigenvalue weighted by Gasteiger charge is 2.33. The summed E-state index contributed by atoms with van der Waals surface area (Å²) in [5.74, 6) is -0.942. The fourth-order valence-corrected chi connectivity index (χ4v) is 6.97. The molecule has 15 heteroatoms. The number of phenols is 1. The van der Waals surface area contributed by atoms with E-state index in [2.05, 4.69) is 0 Å². The van der Waals surface area contributed by atoms with E-state index in [4.69, 9.17) is 25.8 Å². The van der Waals surface area contributed by atoms with Crippen LogP contribution in [0, 0.1) is 13.8 Å². The van der Waals surface area contributed by atoms with Crippen molar-refractivity contribution >= 4 is 23.5 Å². The number of aromatic hydroxyl groups is 1. The van der Waals surface area contributed by atoms with E-state index in [1.54, 1.807) is 127 Å². The van der Waals surface area contributed by atoms with Crippen molar-refractivity contribution in [3.05, 3.63) is 178 Å². The SMILES string of the molecule is CCOC(=O)c1cccc(-n2c(C)ccc2-c2cc(C(F)(F)F)ccc2O)c1.CCOC(=O)c1cccc(-n2c(C)ccc2-c2cc(C(F)(F)F)ccc2OCc2ccc(Cl)cc2)c1. The van der Waals surface area contributed by atoms with Crippen LogP contribution in [0.15, 0.2) is 133 Å². The first kappa shape index (κ1) is 46.6. The molecule has 332 valence electrons. The van der Waals surface area contributed by atoms with Crippen molar-refractivity contribution in [1.29, 1.82) is 0 Å². The zero-order chi connectivity index (χ0) is 46.3. The second-order valence-corrected chi connectivity index (χ2v) is 14.7. The molecule has 64 heavy (non-hydrogen) atoms. The highest BCUT2D eigenvalue weighted by atomic mass is 35.5. The number of nitrogens with zero attached hydrogens (tertiary/aromatic N) is 2. The summed E-state index contributed by atoms with van der Waals surface area (Å²) in [4.78, 5) is 24.3. The molecule has 0 fully saturated rings. The Morgan fingerprint density at radius 1 is 0.594 bits per heavy atom. The lowest BCUT2D eigenvalue weighted by atomic mass is 10.1. The maximum atomic E-state index is 13.6. The lowest BCUT2D eigenvalue weighted by molar-refractivity contribution is -0.138. The van der Waals surface area contributed by atoms with Gasteiger partial charge in [0.15, 0.2) is 0 Å². The molecule has 8 nitrogen and oxygen atoms in total. The van der Waals surface area contributed by atoms with Gasteiger partial charge in [-0.3, -0.25) is 0 Å². The van der Waals surface area contributed by atoms with Crippen LogP contribution in [0.4, 0.5) is 26.3 Å². The van der Waals surface area contributed by atoms with Crippen LogP contribution in [-0.4, -0.2) is 39.4 Å². The Hall–Kier alpha value is -6.93. The van der Waals surface area contributed by atoms with Gasteiger partial charge in [-0.25, -0.2) is 9.59 Å². The third-order valence-corrected chi connectivity index (χ3v) is 10.1. The second-order valence-electron chi connectivity index (χ2n) is 14.3. The standard InChI is InChI=1S/C28H23ClF3NO3.C21H18F3NO3/c1-3-35-27(34)20-5-4-6-23(15-20)33-18(2)7-13-25(33)24-16-21(28(30,31)32)10-14-26(24)36-17-19-8-11-22(29)12-9-19;1-3-28-20(27)14-5-4-6-16(11-14)25-13(2)7-9-18(25)17-12-15(21(22,23)24)8-10-19(17)26/h4-16H,3,17H2,1-2H3;4-12,26H,3H2,1-2H3. The minimum Gasteiger partial charge on any atom is -0.507 e. The summed E-state index contributed by atoms with van der Waals surface area (Å²) in [6.45, 7) is 7.65. The Morgan fingerprint density at radius 2 is 1.06 bits per heavy atom. The number of halogens is 7. The first-order chi connectivity index (χ1) is 30.4. The van der Waals surface area contributed by atoms with Crippen molar-refractivity contribution in [2.45, 2.75) is 46.7 Å². The molecule has 7 aromatic rings. The summed E-state index contributed by atoms with van der Waals surface area (Å²) in [5, 5.41) is 10.8. The maximum Gasteiger partial charge on any atom is 0.416 e. The number of hydrogen-bond donors (Lipinski definition) is 1. The van der Waals surface area contributed by atoms with Gasteiger partial charge in [-0.1, -0.05) is 35.9 Å². The van der Waals surface area contributed by atoms with Gasteiger partial charge < -0.3 is 28.5 Å². The van der Waals surface area contributed by atoms with Crippen LogP contribution in [0.2, 0.25) is 5.02 Å². The van der Waals surface area contributed by atoms with Crippen LogP contribution in [-0.2, 0) is 28.4 Å². The number of rotatable bonds is 11. The van der Waals surface area contributed by atoms with Crippen molar-refractivity contribution in [2.24, 2.45) is 0 Å². The van der Waals surface area contributed by atoms with Gasteiger partial charge >= 0.3 is 24.3 Å². The quantitative estimate of drug-likeness (QED) is 0.103. The molecule has 0 saturated heterocycles. The molecule has 0 bridgehead atoms. The highest BCUT2D eigenvalue weighted by molar-refractivity contribution is 6.30. The molecular formula is C49H41ClF6N2O6. The summed E-state index contributed by atoms with van der Waals surface area (Å²) in [7, 11) is 0. The Balaban J connectivity index is 0.000000219. The van der Waals surface area contributed by atoms with Crippen LogP contribution in [0.3, 0.4) is 0 Å². The minimum atomic E-state index is -4.53. The molecule has 5 aromatic carbocycles. The van der Waals surface area contributed by atoms with E-state index in [1.807, 2.05) is 6.92 Å². The summed E-state index contributed by atoms with van der Waals surface area (Å²) < 4.78 is 99.8. The van der Waals surface area contributed by atoms with Gasteiger partial charge in [0.2, 0.25) is 0 Å². The highest BCUT2D eigenvalue weighted by Crippen LogP contribution is 2.41. The largest absolute Gasteiger partial charge is 0.507 e. The molecule has 2 heterocycles. The number of esters is 2. The van der Waals surface area contributed by atoms with Crippen LogP contribution >= 0.6 is 11.6 Å². The predicted octanol–water partition coefficient (Wildman–Crippen LogP) is 13.2. The second kappa shape index (κ2) is 19.6. The topological polar surface area (TPSA) is 91.9 Å². The average Bonchev–Trinajstić information content (AvgIpc) is 3.85. The van der Waals surface area contributed by atoms with Crippen LogP contribution in [0.1, 0.15) is 62.6 Å². The van der Waals surface area contributed by atoms with E-state index in [0.717, 1.165) is 47.3 Å². The Labute approximate surface area is 369 Å². The third-order valence-electron chi connectivity index (χ3n) is 9.87. The number of aryl methyl sites for hydroxylation is 2. The summed E-state index contributed by atoms with van der Waals surface area (Å²) in [6.07, 6.45) is -9.06. The minimum absolute atomic E-state index is 0.0458. The van der Waals surface area contributed by atoms with Crippen molar-refractivity contribution < 1.29 is 55.2 Å². The van der Waals surface area contributed by atoms with E-state index in [-0.39, 0.29) is 36.7 Å². The summed E-state index contributed by atoms with van der Waals surface area (Å²) in [5.41, 5.74) is 3.71. The molecule has 0 unspecified atom stereocenters. The van der Waals surface area contributed by atoms with Gasteiger partial charge in [0.25, 0.3) is 0 Å². The molecule has 0 aliphatic heterocycles. The fraction of sp³-hybridized carbons (Fsp3) is 0.184. The van der Waals surface area contributed by atoms with Gasteiger partial charge in [0.1, 0.15) is 18.1 Å². The average molecular weight is 903 g/mol. The molecule has 2 aromatic heterocycles. The van der Waals surface area contributed by atoms with Crippen LogP contribution in [0.25, 0.3) is 33.9 Å². The molecule has 0 saturated carbocycles. The predicted molar refractivity (Wildman–Crippen MR) is 231 cm³/mol. The van der Waals surface area contributed by atoms with Crippen molar-refractivity contribution in [2.75, 3.05) is 13.2 Å². The lowest BCUT2D eigenvalue weighted by Crippen LogP contribution is -2.08. The van der Waals surface area contributed by atoms with E-state index in [9.17, 15) is 41.0 Å². The zero-order valence-electron chi connectivity index (χ0n) is 34.9. The van der Waals surface area contributed by atoms with Crippen molar-refractivity contribution in [3.63, 3.8) is 0 Å². The van der Waals surface area contributed by atoms with Gasteiger partial charge in [0, 0.05) is 38.9 Å². The molecule has 7 rings (SSSR count). The maximum absolute atomic E-state index is 13.6. The Morgan fingerprint density at radius 3 is 1.55 bits per heavy atom. The molecule has 0 aliphatic carbocycles. The number of benzene rings is 5. The fourth-order valence-electron chi connectivity index (χ4n) is 6.85. The van der Waals surface area contributed by atoms with Crippen LogP contribution in [0.5, 0.6) is 11.5 Å². The van der Waals surface area contributed by atoms with Gasteiger partial charge in [0.05, 0.1) is 46.9 Å². The van der Waals surface area contributed by atoms with Gasteiger partial charge in [-0.15, -0.1) is 0 Å². The monoisotopic (exact) mass is 902 g/mol. The Kier molecular flexibility index (Phi) is 14.3. The normalized spacial score (nSPS) is 11.4.